The number of carbonyl (C=O) groups is 1. The van der Waals surface area contributed by atoms with Crippen LogP contribution in [0.1, 0.15) is 12.0 Å². The molecule has 0 spiro atoms. The van der Waals surface area contributed by atoms with E-state index in [0.717, 1.165) is 0 Å². The minimum Gasteiger partial charge on any atom is -0.326 e. The number of hydrogen-bond acceptors (Lipinski definition) is 2. The topological polar surface area (TPSA) is 52.9 Å². The molecule has 0 saturated heterocycles. The Kier molecular flexibility index (Phi) is 2.79. The number of amides is 1. The lowest BCUT2D eigenvalue weighted by atomic mass is 10.2. The zero-order chi connectivity index (χ0) is 11.8. The summed E-state index contributed by atoms with van der Waals surface area (Å²) in [5, 5.41) is 11.4. The van der Waals surface area contributed by atoms with E-state index in [4.69, 9.17) is 28.5 Å². The number of alkyl halides is 2. The van der Waals surface area contributed by atoms with Crippen molar-refractivity contribution in [2.75, 3.05) is 5.32 Å². The van der Waals surface area contributed by atoms with Crippen LogP contribution in [0.2, 0.25) is 0 Å². The molecule has 1 unspecified atom stereocenters. The maximum absolute atomic E-state index is 11.6. The van der Waals surface area contributed by atoms with Gasteiger partial charge < -0.3 is 5.32 Å². The zero-order valence-corrected chi connectivity index (χ0v) is 9.72. The minimum atomic E-state index is -0.920. The third kappa shape index (κ3) is 2.29. The molecule has 0 bridgehead atoms. The lowest BCUT2D eigenvalue weighted by Crippen LogP contribution is -2.16. The predicted octanol–water partition coefficient (Wildman–Crippen LogP) is 2.69. The van der Waals surface area contributed by atoms with Crippen molar-refractivity contribution in [3.05, 3.63) is 29.8 Å². The van der Waals surface area contributed by atoms with Gasteiger partial charge in [0.05, 0.1) is 17.6 Å². The molecule has 1 saturated carbocycles. The second kappa shape index (κ2) is 3.97. The molecule has 1 amide bonds. The van der Waals surface area contributed by atoms with Crippen LogP contribution in [0.25, 0.3) is 0 Å². The van der Waals surface area contributed by atoms with Crippen molar-refractivity contribution in [3.63, 3.8) is 0 Å². The Bertz CT molecular complexity index is 479. The van der Waals surface area contributed by atoms with Crippen LogP contribution < -0.4 is 5.32 Å². The number of nitrogens with zero attached hydrogens (tertiary/aromatic N) is 1. The van der Waals surface area contributed by atoms with Crippen molar-refractivity contribution in [3.8, 4) is 6.07 Å². The number of nitriles is 1. The van der Waals surface area contributed by atoms with Gasteiger partial charge in [-0.2, -0.15) is 5.26 Å². The van der Waals surface area contributed by atoms with Gasteiger partial charge in [0, 0.05) is 5.69 Å². The van der Waals surface area contributed by atoms with Gasteiger partial charge in [-0.05, 0) is 24.6 Å². The van der Waals surface area contributed by atoms with E-state index in [1.807, 2.05) is 6.07 Å². The maximum Gasteiger partial charge on any atom is 0.230 e. The summed E-state index contributed by atoms with van der Waals surface area (Å²) in [5.41, 5.74) is 1.08. The van der Waals surface area contributed by atoms with Gasteiger partial charge in [-0.15, -0.1) is 23.2 Å². The Morgan fingerprint density at radius 3 is 2.81 bits per heavy atom. The van der Waals surface area contributed by atoms with E-state index in [-0.39, 0.29) is 11.8 Å². The highest BCUT2D eigenvalue weighted by molar-refractivity contribution is 6.52. The number of carbonyl (C=O) groups excluding carboxylic acids is 1. The van der Waals surface area contributed by atoms with Gasteiger partial charge in [0.15, 0.2) is 0 Å². The van der Waals surface area contributed by atoms with Crippen molar-refractivity contribution in [2.45, 2.75) is 10.8 Å². The summed E-state index contributed by atoms with van der Waals surface area (Å²) in [6.45, 7) is 0. The van der Waals surface area contributed by atoms with Gasteiger partial charge in [0.25, 0.3) is 0 Å². The fourth-order valence-electron chi connectivity index (χ4n) is 1.39. The molecule has 1 aliphatic carbocycles. The number of nitrogens with one attached hydrogen (secondary N) is 1. The number of hydrogen-bond donors (Lipinski definition) is 1. The van der Waals surface area contributed by atoms with Gasteiger partial charge >= 0.3 is 0 Å². The molecule has 0 aromatic heterocycles. The first-order valence-electron chi connectivity index (χ1n) is 4.72. The molecule has 1 atom stereocenters. The second-order valence-electron chi connectivity index (χ2n) is 3.70. The van der Waals surface area contributed by atoms with E-state index >= 15 is 0 Å². The van der Waals surface area contributed by atoms with Crippen LogP contribution in [0.5, 0.6) is 0 Å². The van der Waals surface area contributed by atoms with Crippen molar-refractivity contribution < 1.29 is 4.79 Å². The van der Waals surface area contributed by atoms with Crippen LogP contribution in [-0.4, -0.2) is 10.2 Å². The number of benzene rings is 1. The largest absolute Gasteiger partial charge is 0.326 e. The summed E-state index contributed by atoms with van der Waals surface area (Å²) in [6.07, 6.45) is 0.472. The van der Waals surface area contributed by atoms with Crippen LogP contribution in [-0.2, 0) is 4.79 Å². The molecule has 82 valence electrons. The average molecular weight is 255 g/mol. The third-order valence-corrected chi connectivity index (χ3v) is 3.24. The second-order valence-corrected chi connectivity index (χ2v) is 5.24. The van der Waals surface area contributed by atoms with Gasteiger partial charge in [0.1, 0.15) is 4.33 Å². The molecule has 0 heterocycles. The summed E-state index contributed by atoms with van der Waals surface area (Å²) in [6, 6.07) is 8.68. The summed E-state index contributed by atoms with van der Waals surface area (Å²) in [5.74, 6) is -0.568. The Morgan fingerprint density at radius 2 is 2.25 bits per heavy atom. The first-order valence-corrected chi connectivity index (χ1v) is 5.47. The molecular weight excluding hydrogens is 247 g/mol. The summed E-state index contributed by atoms with van der Waals surface area (Å²) >= 11 is 11.6. The van der Waals surface area contributed by atoms with E-state index in [9.17, 15) is 4.79 Å². The minimum absolute atomic E-state index is 0.208. The molecular formula is C11H8Cl2N2O. The van der Waals surface area contributed by atoms with Crippen LogP contribution in [0.3, 0.4) is 0 Å². The van der Waals surface area contributed by atoms with Crippen molar-refractivity contribution in [1.82, 2.24) is 0 Å². The maximum atomic E-state index is 11.6. The van der Waals surface area contributed by atoms with Gasteiger partial charge in [-0.25, -0.2) is 0 Å². The Hall–Kier alpha value is -1.24. The SMILES string of the molecule is N#Cc1cccc(NC(=O)C2CC2(Cl)Cl)c1. The number of halogens is 2. The van der Waals surface area contributed by atoms with E-state index < -0.39 is 4.33 Å². The predicted molar refractivity (Wildman–Crippen MR) is 62.3 cm³/mol. The summed E-state index contributed by atoms with van der Waals surface area (Å²) in [4.78, 5) is 11.6. The monoisotopic (exact) mass is 254 g/mol. The lowest BCUT2D eigenvalue weighted by Gasteiger charge is -2.04. The van der Waals surface area contributed by atoms with Gasteiger partial charge in [-0.3, -0.25) is 4.79 Å². The molecule has 0 aliphatic heterocycles. The van der Waals surface area contributed by atoms with E-state index in [2.05, 4.69) is 5.32 Å². The molecule has 16 heavy (non-hydrogen) atoms. The standard InChI is InChI=1S/C11H8Cl2N2O/c12-11(13)5-9(11)10(16)15-8-3-1-2-7(4-8)6-14/h1-4,9H,5H2,(H,15,16). The molecule has 1 aliphatic rings. The summed E-state index contributed by atoms with van der Waals surface area (Å²) < 4.78 is -0.920. The molecule has 1 N–H and O–H groups in total. The Balaban J connectivity index is 2.05. The van der Waals surface area contributed by atoms with E-state index in [1.165, 1.54) is 0 Å². The number of rotatable bonds is 2. The quantitative estimate of drug-likeness (QED) is 0.826. The van der Waals surface area contributed by atoms with Crippen molar-refractivity contribution in [2.24, 2.45) is 5.92 Å². The molecule has 5 heteroatoms. The van der Waals surface area contributed by atoms with Crippen LogP contribution in [0.4, 0.5) is 5.69 Å². The smallest absolute Gasteiger partial charge is 0.230 e. The summed E-state index contributed by atoms with van der Waals surface area (Å²) in [7, 11) is 0. The van der Waals surface area contributed by atoms with Crippen LogP contribution in [0, 0.1) is 17.2 Å². The van der Waals surface area contributed by atoms with Crippen molar-refractivity contribution in [1.29, 1.82) is 5.26 Å². The van der Waals surface area contributed by atoms with Crippen LogP contribution in [0.15, 0.2) is 24.3 Å². The van der Waals surface area contributed by atoms with Gasteiger partial charge in [0.2, 0.25) is 5.91 Å². The molecule has 0 radical (unpaired) electrons. The molecule has 1 aromatic rings. The third-order valence-electron chi connectivity index (χ3n) is 2.40. The Labute approximate surface area is 103 Å². The molecule has 2 rings (SSSR count). The molecule has 1 aromatic carbocycles. The van der Waals surface area contributed by atoms with Crippen LogP contribution >= 0.6 is 23.2 Å². The Morgan fingerprint density at radius 1 is 1.56 bits per heavy atom. The molecule has 1 fully saturated rings. The first-order chi connectivity index (χ1) is 7.53. The number of anilines is 1. The highest BCUT2D eigenvalue weighted by atomic mass is 35.5. The van der Waals surface area contributed by atoms with Crippen molar-refractivity contribution >= 4 is 34.8 Å². The van der Waals surface area contributed by atoms with E-state index in [0.29, 0.717) is 17.7 Å². The lowest BCUT2D eigenvalue weighted by molar-refractivity contribution is -0.117. The molecule has 3 nitrogen and oxygen atoms in total. The average Bonchev–Trinajstić information content (AvgIpc) is 2.88. The van der Waals surface area contributed by atoms with E-state index in [1.54, 1.807) is 24.3 Å². The first kappa shape index (κ1) is 11.3. The van der Waals surface area contributed by atoms with Gasteiger partial charge in [-0.1, -0.05) is 6.07 Å². The normalized spacial score (nSPS) is 20.9. The fraction of sp³-hybridized carbons (Fsp3) is 0.273. The zero-order valence-electron chi connectivity index (χ0n) is 8.21. The highest BCUT2D eigenvalue weighted by Gasteiger charge is 2.56. The highest BCUT2D eigenvalue weighted by Crippen LogP contribution is 2.53. The fourth-order valence-corrected chi connectivity index (χ4v) is 1.90.